The number of nitrogens with one attached hydrogen (secondary N) is 1. The lowest BCUT2D eigenvalue weighted by Gasteiger charge is -2.59. The van der Waals surface area contributed by atoms with E-state index >= 15 is 0 Å². The molecule has 2 amide bonds. The van der Waals surface area contributed by atoms with Crippen molar-refractivity contribution < 1.29 is 48.3 Å². The number of likely N-dealkylation sites (N-methyl/N-ethyl adjacent to an activating group) is 1. The number of aliphatic hydroxyl groups is 2. The van der Waals surface area contributed by atoms with Crippen molar-refractivity contribution in [3.05, 3.63) is 66.3 Å². The van der Waals surface area contributed by atoms with Crippen LogP contribution in [0, 0.1) is 17.8 Å². The molecule has 13 heteroatoms. The van der Waals surface area contributed by atoms with Gasteiger partial charge in [-0.1, -0.05) is 88.4 Å². The maximum Gasteiger partial charge on any atom is 0.417 e. The predicted octanol–water partition coefficient (Wildman–Crippen LogP) is 9.96. The third kappa shape index (κ3) is 12.4. The molecule has 2 aliphatic carbocycles. The fourth-order valence-electron chi connectivity index (χ4n) is 9.98. The third-order valence-corrected chi connectivity index (χ3v) is 13.1. The number of amides is 2. The summed E-state index contributed by atoms with van der Waals surface area (Å²) in [5.41, 5.74) is 2.93. The maximum absolute atomic E-state index is 14.3. The van der Waals surface area contributed by atoms with Crippen molar-refractivity contribution in [1.29, 1.82) is 0 Å². The number of carbonyl (C=O) groups is 2. The molecular formula is C50H73N3O10. The van der Waals surface area contributed by atoms with Crippen LogP contribution < -0.4 is 24.3 Å². The molecule has 0 unspecified atom stereocenters. The van der Waals surface area contributed by atoms with Crippen LogP contribution in [0.3, 0.4) is 0 Å². The maximum atomic E-state index is 14.3. The molecule has 1 heterocycles. The second kappa shape index (κ2) is 25.0. The van der Waals surface area contributed by atoms with Gasteiger partial charge in [-0.3, -0.25) is 10.1 Å². The van der Waals surface area contributed by atoms with Crippen molar-refractivity contribution in [3.63, 3.8) is 0 Å². The molecule has 63 heavy (non-hydrogen) atoms. The Labute approximate surface area is 375 Å². The average Bonchev–Trinajstić information content (AvgIpc) is 3.29. The van der Waals surface area contributed by atoms with E-state index in [0.29, 0.717) is 54.4 Å². The van der Waals surface area contributed by atoms with Gasteiger partial charge in [0.1, 0.15) is 36.1 Å². The molecule has 1 saturated carbocycles. The van der Waals surface area contributed by atoms with Gasteiger partial charge in [-0.05, 0) is 79.8 Å². The second-order valence-electron chi connectivity index (χ2n) is 17.1. The Morgan fingerprint density at radius 2 is 1.60 bits per heavy atom. The van der Waals surface area contributed by atoms with Gasteiger partial charge in [0.2, 0.25) is 11.7 Å². The molecule has 0 aromatic heterocycles. The summed E-state index contributed by atoms with van der Waals surface area (Å²) in [6, 6.07) is 9.91. The number of hydrogen-bond acceptors (Lipinski definition) is 11. The minimum absolute atomic E-state index is 0.0140. The molecule has 3 N–H and O–H groups in total. The number of anilines is 1. The number of ether oxygens (including phenoxy) is 5. The molecule has 5 rings (SSSR count). The molecule has 0 radical (unpaired) electrons. The predicted molar refractivity (Wildman–Crippen MR) is 246 cm³/mol. The van der Waals surface area contributed by atoms with Crippen LogP contribution in [-0.4, -0.2) is 92.9 Å². The van der Waals surface area contributed by atoms with Crippen LogP contribution in [-0.2, 0) is 14.4 Å². The highest BCUT2D eigenvalue weighted by Crippen LogP contribution is 2.62. The summed E-state index contributed by atoms with van der Waals surface area (Å²) in [7, 11) is 6.45. The molecule has 0 saturated heterocycles. The number of carbonyl (C=O) groups excluding carboxylic acids is 2. The Morgan fingerprint density at radius 1 is 0.905 bits per heavy atom. The van der Waals surface area contributed by atoms with Crippen LogP contribution in [0.15, 0.2) is 65.9 Å². The zero-order valence-corrected chi connectivity index (χ0v) is 38.4. The first-order valence-corrected chi connectivity index (χ1v) is 23.3. The molecule has 13 nitrogen and oxygen atoms in total. The number of rotatable bonds is 27. The highest BCUT2D eigenvalue weighted by atomic mass is 16.7. The zero-order chi connectivity index (χ0) is 45.2. The van der Waals surface area contributed by atoms with Gasteiger partial charge in [0.05, 0.1) is 38.1 Å². The van der Waals surface area contributed by atoms with E-state index in [1.165, 1.54) is 52.7 Å². The van der Waals surface area contributed by atoms with Gasteiger partial charge in [0.25, 0.3) is 0 Å². The molecule has 0 bridgehead atoms. The van der Waals surface area contributed by atoms with E-state index in [4.69, 9.17) is 28.5 Å². The molecule has 2 aromatic rings. The van der Waals surface area contributed by atoms with E-state index in [0.717, 1.165) is 61.8 Å². The number of benzene rings is 2. The first-order chi connectivity index (χ1) is 30.7. The van der Waals surface area contributed by atoms with E-state index < -0.39 is 23.8 Å². The molecular weight excluding hydrogens is 803 g/mol. The van der Waals surface area contributed by atoms with Gasteiger partial charge in [-0.25, -0.2) is 4.79 Å². The van der Waals surface area contributed by atoms with Crippen LogP contribution in [0.2, 0.25) is 0 Å². The largest absolute Gasteiger partial charge is 0.497 e. The second-order valence-corrected chi connectivity index (χ2v) is 17.1. The third-order valence-electron chi connectivity index (χ3n) is 13.1. The summed E-state index contributed by atoms with van der Waals surface area (Å²) >= 11 is 0. The number of allylic oxidation sites excluding steroid dienone is 1. The van der Waals surface area contributed by atoms with Crippen molar-refractivity contribution in [1.82, 2.24) is 4.90 Å². The standard InChI is InChI=1S/C50H73N3O10/c1-7-9-10-11-12-13-14-15-16-23-46(56)53(3)45-34-42(52-60-6)39-31-35(21-17-19-28-54)38(22-18-20-29-55)47-40-32-37(25-27-43(40)63-50(45,48(39)47)61-30-8-2)62-49(57)51-41-26-24-36(58-4)33-44(41)59-5/h8,24-27,31-33,35,38,45,47-48,54-55H,2,7,9-23,28-30,34H2,1,3-6H3,(H,51,57)/t35-,38+,45-,47+,48+,50+/m0/s1. The summed E-state index contributed by atoms with van der Waals surface area (Å²) in [4.78, 5) is 35.1. The van der Waals surface area contributed by atoms with Crippen LogP contribution in [0.1, 0.15) is 128 Å². The summed E-state index contributed by atoms with van der Waals surface area (Å²) in [5.74, 6) is -0.0701. The first-order valence-electron chi connectivity index (χ1n) is 23.3. The van der Waals surface area contributed by atoms with Gasteiger partial charge >= 0.3 is 6.09 Å². The van der Waals surface area contributed by atoms with Crippen LogP contribution in [0.5, 0.6) is 23.0 Å². The normalized spacial score (nSPS) is 22.8. The van der Waals surface area contributed by atoms with Crippen molar-refractivity contribution in [2.45, 2.75) is 134 Å². The number of aliphatic hydroxyl groups excluding tert-OH is 2. The Kier molecular flexibility index (Phi) is 19.6. The SMILES string of the molecule is C=CCO[C@@]12Oc3ccc(OC(=O)Nc4ccc(OC)cc4OC)cc3[C@H]3[C@H](CCCCO)[C@@H](CCCCO)C=C(C(=NOC)C[C@@H]1N(C)C(=O)CCCCCCCCCCC)[C@H]32. The lowest BCUT2D eigenvalue weighted by atomic mass is 9.55. The van der Waals surface area contributed by atoms with Crippen LogP contribution in [0.25, 0.3) is 0 Å². The molecule has 1 aliphatic heterocycles. The highest BCUT2D eigenvalue weighted by molar-refractivity contribution is 6.03. The number of hydrogen-bond donors (Lipinski definition) is 3. The lowest BCUT2D eigenvalue weighted by Crippen LogP contribution is -2.69. The fourth-order valence-corrected chi connectivity index (χ4v) is 9.98. The minimum atomic E-state index is -1.34. The van der Waals surface area contributed by atoms with E-state index in [1.54, 1.807) is 42.4 Å². The molecule has 348 valence electrons. The van der Waals surface area contributed by atoms with Gasteiger partial charge in [-0.2, -0.15) is 0 Å². The number of methoxy groups -OCH3 is 2. The smallest absolute Gasteiger partial charge is 0.417 e. The molecule has 6 atom stereocenters. The summed E-state index contributed by atoms with van der Waals surface area (Å²) < 4.78 is 31.0. The summed E-state index contributed by atoms with van der Waals surface area (Å²) in [6.45, 7) is 6.59. The number of unbranched alkanes of at least 4 members (excludes halogenated alkanes) is 10. The Morgan fingerprint density at radius 3 is 2.27 bits per heavy atom. The van der Waals surface area contributed by atoms with Gasteiger partial charge < -0.3 is 43.6 Å². The van der Waals surface area contributed by atoms with Gasteiger partial charge in [0, 0.05) is 50.7 Å². The van der Waals surface area contributed by atoms with Crippen molar-refractivity contribution in [3.8, 4) is 23.0 Å². The van der Waals surface area contributed by atoms with E-state index in [1.807, 2.05) is 19.2 Å². The topological polar surface area (TPSA) is 158 Å². The Balaban J connectivity index is 1.55. The number of nitrogens with zero attached hydrogens (tertiary/aromatic N) is 2. The van der Waals surface area contributed by atoms with E-state index in [9.17, 15) is 19.8 Å². The molecule has 0 spiro atoms. The highest BCUT2D eigenvalue weighted by Gasteiger charge is 2.65. The number of oxime groups is 1. The van der Waals surface area contributed by atoms with Crippen molar-refractivity contribution >= 4 is 23.4 Å². The molecule has 1 fully saturated rings. The van der Waals surface area contributed by atoms with Crippen LogP contribution in [0.4, 0.5) is 10.5 Å². The van der Waals surface area contributed by atoms with E-state index in [-0.39, 0.29) is 43.5 Å². The van der Waals surface area contributed by atoms with Gasteiger partial charge in [-0.15, -0.1) is 6.58 Å². The Hall–Kier alpha value is -4.59. The monoisotopic (exact) mass is 876 g/mol. The van der Waals surface area contributed by atoms with Crippen LogP contribution >= 0.6 is 0 Å². The average molecular weight is 876 g/mol. The summed E-state index contributed by atoms with van der Waals surface area (Å²) in [6.07, 6.45) is 19.0. The zero-order valence-electron chi connectivity index (χ0n) is 38.4. The fraction of sp³-hybridized carbons (Fsp3) is 0.620. The summed E-state index contributed by atoms with van der Waals surface area (Å²) in [5, 5.41) is 27.2. The Bertz CT molecular complexity index is 1850. The lowest BCUT2D eigenvalue weighted by molar-refractivity contribution is -0.255. The van der Waals surface area contributed by atoms with E-state index in [2.05, 4.69) is 30.1 Å². The number of fused-ring (bicyclic) bond motifs is 2. The molecule has 3 aliphatic rings. The first kappa shape index (κ1) is 49.4. The van der Waals surface area contributed by atoms with Crippen molar-refractivity contribution in [2.24, 2.45) is 22.9 Å². The molecule has 2 aromatic carbocycles. The minimum Gasteiger partial charge on any atom is -0.497 e. The van der Waals surface area contributed by atoms with Gasteiger partial charge in [0.15, 0.2) is 0 Å². The van der Waals surface area contributed by atoms with Crippen molar-refractivity contribution in [2.75, 3.05) is 53.5 Å². The quantitative estimate of drug-likeness (QED) is 0.0448.